The van der Waals surface area contributed by atoms with Crippen molar-refractivity contribution in [1.82, 2.24) is 10.2 Å². The summed E-state index contributed by atoms with van der Waals surface area (Å²) in [5.41, 5.74) is 3.40. The zero-order valence-electron chi connectivity index (χ0n) is 22.8. The van der Waals surface area contributed by atoms with Gasteiger partial charge in [0, 0.05) is 37.3 Å². The molecule has 0 aromatic heterocycles. The molecule has 8 heteroatoms. The van der Waals surface area contributed by atoms with E-state index in [0.29, 0.717) is 23.5 Å². The van der Waals surface area contributed by atoms with Gasteiger partial charge in [0.1, 0.15) is 23.1 Å². The fraction of sp³-hybridized carbons (Fsp3) is 0.258. The molecule has 0 spiro atoms. The number of carbonyl (C=O) groups is 3. The van der Waals surface area contributed by atoms with E-state index in [1.807, 2.05) is 78.9 Å². The Morgan fingerprint density at radius 2 is 1.56 bits per heavy atom. The van der Waals surface area contributed by atoms with E-state index >= 15 is 0 Å². The SMILES string of the molecule is CN(C)C(=O)[C@H](Cc1ccc(Oc2ccc(/C=C3/C(=O)Nc4ccccc43)cc2)cc1)NC(=O)OC(C)(C)C. The summed E-state index contributed by atoms with van der Waals surface area (Å²) in [5.74, 6) is 0.931. The van der Waals surface area contributed by atoms with Crippen LogP contribution in [0.3, 0.4) is 0 Å². The Kier molecular flexibility index (Phi) is 8.04. The molecule has 1 aliphatic heterocycles. The van der Waals surface area contributed by atoms with Gasteiger partial charge in [-0.15, -0.1) is 0 Å². The Bertz CT molecular complexity index is 1390. The standard InChI is InChI=1S/C31H33N3O5/c1-31(2,3)39-30(37)33-27(29(36)34(4)5)19-21-12-16-23(17-13-21)38-22-14-10-20(11-15-22)18-25-24-8-6-7-9-26(24)32-28(25)35/h6-18,27H,19H2,1-5H3,(H,32,35)(H,33,37)/b25-18+/t27-/m0/s1. The summed E-state index contributed by atoms with van der Waals surface area (Å²) in [6, 6.07) is 21.7. The number of fused-ring (bicyclic) bond motifs is 1. The van der Waals surface area contributed by atoms with Crippen LogP contribution in [0.5, 0.6) is 11.5 Å². The number of carbonyl (C=O) groups excluding carboxylic acids is 3. The molecule has 0 aliphatic carbocycles. The number of benzene rings is 3. The van der Waals surface area contributed by atoms with Crippen molar-refractivity contribution in [1.29, 1.82) is 0 Å². The van der Waals surface area contributed by atoms with Crippen molar-refractivity contribution in [3.8, 4) is 11.5 Å². The highest BCUT2D eigenvalue weighted by atomic mass is 16.6. The minimum Gasteiger partial charge on any atom is -0.457 e. The molecule has 8 nitrogen and oxygen atoms in total. The van der Waals surface area contributed by atoms with E-state index in [1.54, 1.807) is 34.9 Å². The van der Waals surface area contributed by atoms with Crippen molar-refractivity contribution in [2.45, 2.75) is 38.8 Å². The zero-order valence-corrected chi connectivity index (χ0v) is 22.8. The van der Waals surface area contributed by atoms with Gasteiger partial charge in [0.05, 0.1) is 0 Å². The van der Waals surface area contributed by atoms with Crippen LogP contribution in [0, 0.1) is 0 Å². The second-order valence-corrected chi connectivity index (χ2v) is 10.5. The lowest BCUT2D eigenvalue weighted by atomic mass is 10.0. The van der Waals surface area contributed by atoms with E-state index in [9.17, 15) is 14.4 Å². The zero-order chi connectivity index (χ0) is 28.2. The van der Waals surface area contributed by atoms with Crippen molar-refractivity contribution >= 4 is 35.2 Å². The summed E-state index contributed by atoms with van der Waals surface area (Å²) < 4.78 is 11.3. The lowest BCUT2D eigenvalue weighted by molar-refractivity contribution is -0.130. The van der Waals surface area contributed by atoms with Gasteiger partial charge in [-0.25, -0.2) is 4.79 Å². The molecule has 0 fully saturated rings. The van der Waals surface area contributed by atoms with Gasteiger partial charge in [-0.2, -0.15) is 0 Å². The van der Waals surface area contributed by atoms with E-state index in [-0.39, 0.29) is 11.8 Å². The Labute approximate surface area is 228 Å². The fourth-order valence-electron chi connectivity index (χ4n) is 4.11. The van der Waals surface area contributed by atoms with Crippen LogP contribution in [0.4, 0.5) is 10.5 Å². The molecule has 3 amide bonds. The maximum Gasteiger partial charge on any atom is 0.408 e. The molecule has 0 radical (unpaired) electrons. The highest BCUT2D eigenvalue weighted by Crippen LogP contribution is 2.33. The predicted octanol–water partition coefficient (Wildman–Crippen LogP) is 5.50. The minimum atomic E-state index is -0.766. The van der Waals surface area contributed by atoms with E-state index in [2.05, 4.69) is 10.6 Å². The molecule has 4 rings (SSSR count). The highest BCUT2D eigenvalue weighted by Gasteiger charge is 2.26. The van der Waals surface area contributed by atoms with Crippen LogP contribution < -0.4 is 15.4 Å². The minimum absolute atomic E-state index is 0.118. The molecule has 3 aromatic rings. The first kappa shape index (κ1) is 27.4. The smallest absolute Gasteiger partial charge is 0.408 e. The Morgan fingerprint density at radius 3 is 2.18 bits per heavy atom. The van der Waals surface area contributed by atoms with Gasteiger partial charge in [-0.1, -0.05) is 42.5 Å². The topological polar surface area (TPSA) is 97.0 Å². The largest absolute Gasteiger partial charge is 0.457 e. The number of likely N-dealkylation sites (N-methyl/N-ethyl adjacent to an activating group) is 1. The van der Waals surface area contributed by atoms with Gasteiger partial charge in [0.2, 0.25) is 5.91 Å². The molecule has 0 saturated carbocycles. The van der Waals surface area contributed by atoms with Crippen LogP contribution in [0.2, 0.25) is 0 Å². The number of para-hydroxylation sites is 1. The number of hydrogen-bond donors (Lipinski definition) is 2. The molecular weight excluding hydrogens is 494 g/mol. The van der Waals surface area contributed by atoms with Gasteiger partial charge in [0.25, 0.3) is 5.91 Å². The van der Waals surface area contributed by atoms with Crippen LogP contribution in [0.15, 0.2) is 72.8 Å². The number of anilines is 1. The van der Waals surface area contributed by atoms with E-state index in [0.717, 1.165) is 22.4 Å². The summed E-state index contributed by atoms with van der Waals surface area (Å²) in [5, 5.41) is 5.56. The maximum absolute atomic E-state index is 12.7. The van der Waals surface area contributed by atoms with Crippen LogP contribution in [-0.2, 0) is 20.7 Å². The Balaban J connectivity index is 1.40. The fourth-order valence-corrected chi connectivity index (χ4v) is 4.11. The molecule has 39 heavy (non-hydrogen) atoms. The van der Waals surface area contributed by atoms with Gasteiger partial charge < -0.3 is 25.0 Å². The highest BCUT2D eigenvalue weighted by molar-refractivity contribution is 6.34. The van der Waals surface area contributed by atoms with E-state index in [1.165, 1.54) is 4.90 Å². The number of ether oxygens (including phenoxy) is 2. The van der Waals surface area contributed by atoms with Gasteiger partial charge in [0.15, 0.2) is 0 Å². The molecule has 3 aromatic carbocycles. The van der Waals surface area contributed by atoms with E-state index < -0.39 is 17.7 Å². The quantitative estimate of drug-likeness (QED) is 0.396. The monoisotopic (exact) mass is 527 g/mol. The molecule has 1 aliphatic rings. The van der Waals surface area contributed by atoms with E-state index in [4.69, 9.17) is 9.47 Å². The number of hydrogen-bond acceptors (Lipinski definition) is 5. The third kappa shape index (κ3) is 7.25. The summed E-state index contributed by atoms with van der Waals surface area (Å²) in [7, 11) is 3.29. The molecular formula is C31H33N3O5. The van der Waals surface area contributed by atoms with Crippen LogP contribution in [-0.4, -0.2) is 48.5 Å². The summed E-state index contributed by atoms with van der Waals surface area (Å²) in [4.78, 5) is 38.8. The maximum atomic E-state index is 12.7. The lowest BCUT2D eigenvalue weighted by Crippen LogP contribution is -2.48. The van der Waals surface area contributed by atoms with Crippen molar-refractivity contribution in [2.75, 3.05) is 19.4 Å². The van der Waals surface area contributed by atoms with Gasteiger partial charge in [-0.3, -0.25) is 9.59 Å². The summed E-state index contributed by atoms with van der Waals surface area (Å²) >= 11 is 0. The third-order valence-corrected chi connectivity index (χ3v) is 5.93. The average Bonchev–Trinajstić information content (AvgIpc) is 3.19. The van der Waals surface area contributed by atoms with Crippen molar-refractivity contribution in [3.63, 3.8) is 0 Å². The predicted molar refractivity (Wildman–Crippen MR) is 151 cm³/mol. The normalized spacial score (nSPS) is 14.3. The van der Waals surface area contributed by atoms with Crippen molar-refractivity contribution < 1.29 is 23.9 Å². The first-order valence-corrected chi connectivity index (χ1v) is 12.7. The lowest BCUT2D eigenvalue weighted by Gasteiger charge is -2.25. The number of nitrogens with one attached hydrogen (secondary N) is 2. The number of amides is 3. The van der Waals surface area contributed by atoms with Crippen molar-refractivity contribution in [2.24, 2.45) is 0 Å². The molecule has 0 saturated heterocycles. The second kappa shape index (κ2) is 11.4. The molecule has 2 N–H and O–H groups in total. The number of alkyl carbamates (subject to hydrolysis) is 1. The summed E-state index contributed by atoms with van der Waals surface area (Å²) in [6.45, 7) is 5.31. The van der Waals surface area contributed by atoms with Crippen LogP contribution in [0.25, 0.3) is 11.6 Å². The Hall–Kier alpha value is -4.59. The Morgan fingerprint density at radius 1 is 0.949 bits per heavy atom. The van der Waals surface area contributed by atoms with Crippen LogP contribution >= 0.6 is 0 Å². The molecule has 0 bridgehead atoms. The first-order chi connectivity index (χ1) is 18.5. The first-order valence-electron chi connectivity index (χ1n) is 12.7. The molecule has 0 unspecified atom stereocenters. The summed E-state index contributed by atoms with van der Waals surface area (Å²) in [6.07, 6.45) is 1.52. The molecule has 1 heterocycles. The molecule has 202 valence electrons. The number of rotatable bonds is 7. The number of nitrogens with zero attached hydrogens (tertiary/aromatic N) is 1. The van der Waals surface area contributed by atoms with Crippen molar-refractivity contribution in [3.05, 3.63) is 89.5 Å². The second-order valence-electron chi connectivity index (χ2n) is 10.5. The molecule has 1 atom stereocenters. The third-order valence-electron chi connectivity index (χ3n) is 5.93. The van der Waals surface area contributed by atoms with Gasteiger partial charge in [-0.05, 0) is 68.3 Å². The van der Waals surface area contributed by atoms with Crippen LogP contribution in [0.1, 0.15) is 37.5 Å². The average molecular weight is 528 g/mol. The van der Waals surface area contributed by atoms with Gasteiger partial charge >= 0.3 is 6.09 Å².